The van der Waals surface area contributed by atoms with E-state index in [1.165, 1.54) is 0 Å². The third kappa shape index (κ3) is 8.81. The Hall–Kier alpha value is -1.18. The van der Waals surface area contributed by atoms with Gasteiger partial charge < -0.3 is 44.1 Å². The van der Waals surface area contributed by atoms with Gasteiger partial charge in [-0.3, -0.25) is 9.59 Å². The second kappa shape index (κ2) is 15.6. The van der Waals surface area contributed by atoms with Gasteiger partial charge in [-0.05, 0) is 58.3 Å². The van der Waals surface area contributed by atoms with Crippen LogP contribution in [0.3, 0.4) is 0 Å². The van der Waals surface area contributed by atoms with E-state index < -0.39 is 101 Å². The number of esters is 1. The summed E-state index contributed by atoms with van der Waals surface area (Å²) in [5, 5.41) is 45.8. The number of Topliss-reactive ketones (excluding diaryl/α,β-unsaturated/α-hetero) is 1. The molecule has 11 heteroatoms. The summed E-state index contributed by atoms with van der Waals surface area (Å²) in [6, 6.07) is 0. The van der Waals surface area contributed by atoms with Gasteiger partial charge in [0.15, 0.2) is 12.6 Å². The lowest BCUT2D eigenvalue weighted by Crippen LogP contribution is -2.58. The Bertz CT molecular complexity index is 1090. The van der Waals surface area contributed by atoms with E-state index in [0.717, 1.165) is 0 Å². The minimum atomic E-state index is -1.68. The molecule has 0 spiro atoms. The van der Waals surface area contributed by atoms with E-state index in [0.29, 0.717) is 19.3 Å². The van der Waals surface area contributed by atoms with Gasteiger partial charge in [0, 0.05) is 29.6 Å². The van der Waals surface area contributed by atoms with Crippen LogP contribution in [0, 0.1) is 40.4 Å². The van der Waals surface area contributed by atoms with E-state index in [1.54, 1.807) is 48.5 Å². The van der Waals surface area contributed by atoms with Crippen LogP contribution in [0.1, 0.15) is 116 Å². The van der Waals surface area contributed by atoms with Crippen LogP contribution < -0.4 is 0 Å². The molecule has 0 aromatic heterocycles. The number of cyclic esters (lactones) is 1. The molecule has 0 saturated carbocycles. The summed E-state index contributed by atoms with van der Waals surface area (Å²) in [5.41, 5.74) is -3.20. The smallest absolute Gasteiger partial charge is 0.311 e. The molecule has 48 heavy (non-hydrogen) atoms. The highest BCUT2D eigenvalue weighted by molar-refractivity contribution is 5.83. The number of carbonyl (C=O) groups is 2. The average molecular weight is 687 g/mol. The molecule has 11 nitrogen and oxygen atoms in total. The number of ketones is 1. The zero-order valence-electron chi connectivity index (χ0n) is 31.6. The molecule has 0 amide bonds. The van der Waals surface area contributed by atoms with Gasteiger partial charge >= 0.3 is 5.97 Å². The van der Waals surface area contributed by atoms with Gasteiger partial charge in [0.2, 0.25) is 0 Å². The van der Waals surface area contributed by atoms with Crippen molar-refractivity contribution in [1.82, 2.24) is 0 Å². The van der Waals surface area contributed by atoms with Crippen LogP contribution in [-0.2, 0) is 33.3 Å². The van der Waals surface area contributed by atoms with Crippen LogP contribution >= 0.6 is 0 Å². The first kappa shape index (κ1) is 41.2. The summed E-state index contributed by atoms with van der Waals surface area (Å²) in [7, 11) is 0. The summed E-state index contributed by atoms with van der Waals surface area (Å²) < 4.78 is 31.6. The zero-order valence-corrected chi connectivity index (χ0v) is 31.6. The van der Waals surface area contributed by atoms with Crippen molar-refractivity contribution < 1.29 is 53.7 Å². The van der Waals surface area contributed by atoms with Crippen LogP contribution in [0.5, 0.6) is 0 Å². The van der Waals surface area contributed by atoms with E-state index in [9.17, 15) is 30.0 Å². The highest BCUT2D eigenvalue weighted by Gasteiger charge is 2.52. The molecule has 0 aromatic carbocycles. The van der Waals surface area contributed by atoms with Crippen molar-refractivity contribution in [1.29, 1.82) is 0 Å². The molecule has 16 atom stereocenters. The summed E-state index contributed by atoms with van der Waals surface area (Å²) >= 11 is 0. The number of ether oxygens (including phenoxy) is 5. The zero-order chi connectivity index (χ0) is 36.7. The summed E-state index contributed by atoms with van der Waals surface area (Å²) in [4.78, 5) is 27.9. The predicted octanol–water partition coefficient (Wildman–Crippen LogP) is 4.39. The van der Waals surface area contributed by atoms with E-state index in [1.807, 2.05) is 41.5 Å². The fourth-order valence-electron chi connectivity index (χ4n) is 8.48. The molecule has 3 aliphatic rings. The van der Waals surface area contributed by atoms with Gasteiger partial charge in [-0.15, -0.1) is 0 Å². The van der Waals surface area contributed by atoms with Gasteiger partial charge in [-0.2, -0.15) is 0 Å². The second-order valence-corrected chi connectivity index (χ2v) is 17.0. The quantitative estimate of drug-likeness (QED) is 0.304. The van der Waals surface area contributed by atoms with Gasteiger partial charge in [0.1, 0.15) is 18.0 Å². The standard InChI is InChI=1S/C37H66O11/c1-14-25-36(11,12)30(40)21(5)27(38)19(3)16-37(13,43)32(48-34-28(39)18(2)15-20(4)44-34)22(6)29(23(7)33(42)46-25)47-26-17-35(9,10)31(41)24(8)45-26/h18-26,28-32,34,39-41,43H,14-17H2,1-13H3. The number of aliphatic hydroxyl groups excluding tert-OH is 3. The minimum Gasteiger partial charge on any atom is -0.461 e. The first-order valence-corrected chi connectivity index (χ1v) is 18.1. The topological polar surface area (TPSA) is 161 Å². The Morgan fingerprint density at radius 2 is 1.44 bits per heavy atom. The lowest BCUT2D eigenvalue weighted by molar-refractivity contribution is -0.312. The maximum absolute atomic E-state index is 14.1. The SMILES string of the molecule is CCC1OC(=O)C(C)C(OC2CC(C)(C)C(O)C(C)O2)C(C)C(OC2OC(C)CC(C)C2O)C(C)(O)CC(C)C(=O)C(C)C(O)C1(C)C. The predicted molar refractivity (Wildman–Crippen MR) is 179 cm³/mol. The molecule has 3 rings (SSSR count). The molecule has 0 radical (unpaired) electrons. The average Bonchev–Trinajstić information content (AvgIpc) is 2.99. The van der Waals surface area contributed by atoms with Crippen molar-refractivity contribution in [3.8, 4) is 0 Å². The monoisotopic (exact) mass is 686 g/mol. The van der Waals surface area contributed by atoms with Crippen molar-refractivity contribution in [2.24, 2.45) is 40.4 Å². The van der Waals surface area contributed by atoms with Crippen molar-refractivity contribution >= 4 is 11.8 Å². The Morgan fingerprint density at radius 3 is 2.00 bits per heavy atom. The van der Waals surface area contributed by atoms with Crippen LogP contribution in [0.2, 0.25) is 0 Å². The van der Waals surface area contributed by atoms with Crippen LogP contribution in [0.15, 0.2) is 0 Å². The summed E-state index contributed by atoms with van der Waals surface area (Å²) in [6.07, 6.45) is -6.87. The van der Waals surface area contributed by atoms with E-state index in [2.05, 4.69) is 0 Å². The molecule has 3 aliphatic heterocycles. The molecule has 4 N–H and O–H groups in total. The molecule has 16 unspecified atom stereocenters. The molecule has 0 aliphatic carbocycles. The summed E-state index contributed by atoms with van der Waals surface area (Å²) in [6.45, 7) is 23.4. The molecule has 0 bridgehead atoms. The highest BCUT2D eigenvalue weighted by Crippen LogP contribution is 2.42. The molecular weight excluding hydrogens is 620 g/mol. The first-order chi connectivity index (χ1) is 22.0. The van der Waals surface area contributed by atoms with Crippen LogP contribution in [0.4, 0.5) is 0 Å². The van der Waals surface area contributed by atoms with Crippen LogP contribution in [-0.4, -0.2) is 99.2 Å². The van der Waals surface area contributed by atoms with Crippen molar-refractivity contribution in [3.05, 3.63) is 0 Å². The van der Waals surface area contributed by atoms with Crippen molar-refractivity contribution in [2.45, 2.75) is 183 Å². The number of rotatable bonds is 5. The lowest BCUT2D eigenvalue weighted by Gasteiger charge is -2.48. The Kier molecular flexibility index (Phi) is 13.4. The first-order valence-electron chi connectivity index (χ1n) is 18.1. The maximum atomic E-state index is 14.1. The highest BCUT2D eigenvalue weighted by atomic mass is 16.7. The third-order valence-corrected chi connectivity index (χ3v) is 11.6. The van der Waals surface area contributed by atoms with Crippen molar-refractivity contribution in [3.63, 3.8) is 0 Å². The Balaban J connectivity index is 2.16. The van der Waals surface area contributed by atoms with Crippen LogP contribution in [0.25, 0.3) is 0 Å². The van der Waals surface area contributed by atoms with E-state index in [-0.39, 0.29) is 24.2 Å². The van der Waals surface area contributed by atoms with Gasteiger partial charge in [0.25, 0.3) is 0 Å². The Labute approximate surface area is 288 Å². The third-order valence-electron chi connectivity index (χ3n) is 11.6. The normalized spacial score (nSPS) is 48.0. The van der Waals surface area contributed by atoms with Gasteiger partial charge in [-0.1, -0.05) is 62.3 Å². The molecule has 3 saturated heterocycles. The van der Waals surface area contributed by atoms with E-state index >= 15 is 0 Å². The number of carbonyl (C=O) groups excluding carboxylic acids is 2. The number of hydrogen-bond acceptors (Lipinski definition) is 11. The largest absolute Gasteiger partial charge is 0.461 e. The summed E-state index contributed by atoms with van der Waals surface area (Å²) in [5.74, 6) is -4.04. The lowest BCUT2D eigenvalue weighted by atomic mass is 9.70. The molecule has 0 aromatic rings. The Morgan fingerprint density at radius 1 is 0.833 bits per heavy atom. The fourth-order valence-corrected chi connectivity index (χ4v) is 8.48. The maximum Gasteiger partial charge on any atom is 0.311 e. The minimum absolute atomic E-state index is 0.0226. The van der Waals surface area contributed by atoms with Gasteiger partial charge in [-0.25, -0.2) is 0 Å². The van der Waals surface area contributed by atoms with E-state index in [4.69, 9.17) is 23.7 Å². The number of hydrogen-bond donors (Lipinski definition) is 4. The fraction of sp³-hybridized carbons (Fsp3) is 0.946. The molecule has 3 fully saturated rings. The number of aliphatic hydroxyl groups is 4. The molecular formula is C37H66O11. The van der Waals surface area contributed by atoms with Gasteiger partial charge in [0.05, 0.1) is 48.1 Å². The second-order valence-electron chi connectivity index (χ2n) is 17.0. The molecule has 280 valence electrons. The molecule has 3 heterocycles. The van der Waals surface area contributed by atoms with Crippen molar-refractivity contribution in [2.75, 3.05) is 0 Å².